The topological polar surface area (TPSA) is 69.7 Å². The number of nitrogens with zero attached hydrogens (tertiary/aromatic N) is 2. The van der Waals surface area contributed by atoms with Crippen LogP contribution in [-0.2, 0) is 14.8 Å². The summed E-state index contributed by atoms with van der Waals surface area (Å²) in [6.07, 6.45) is -3.49. The Balaban J connectivity index is 1.90. The number of nitrogens with one attached hydrogen (secondary N) is 1. The Bertz CT molecular complexity index is 759. The maximum Gasteiger partial charge on any atom is 0.405 e. The zero-order valence-corrected chi connectivity index (χ0v) is 16.8. The molecule has 0 aromatic heterocycles. The predicted molar refractivity (Wildman–Crippen MR) is 99.4 cm³/mol. The summed E-state index contributed by atoms with van der Waals surface area (Å²) in [6.45, 7) is 3.52. The van der Waals surface area contributed by atoms with Crippen LogP contribution in [0.15, 0.2) is 29.2 Å². The van der Waals surface area contributed by atoms with Gasteiger partial charge in [0.15, 0.2) is 0 Å². The number of benzene rings is 1. The summed E-state index contributed by atoms with van der Waals surface area (Å²) < 4.78 is 63.3. The molecule has 1 saturated heterocycles. The van der Waals surface area contributed by atoms with Gasteiger partial charge in [-0.15, -0.1) is 0 Å². The summed E-state index contributed by atoms with van der Waals surface area (Å²) in [5.74, 6) is -0.377. The van der Waals surface area contributed by atoms with E-state index >= 15 is 0 Å². The summed E-state index contributed by atoms with van der Waals surface area (Å²) in [6, 6.07) is 6.85. The van der Waals surface area contributed by atoms with Crippen LogP contribution in [0.3, 0.4) is 0 Å². The fourth-order valence-corrected chi connectivity index (χ4v) is 4.36. The van der Waals surface area contributed by atoms with E-state index in [2.05, 4.69) is 13.8 Å². The molecule has 1 amide bonds. The smallest absolute Gasteiger partial charge is 0.346 e. The molecule has 28 heavy (non-hydrogen) atoms. The van der Waals surface area contributed by atoms with E-state index in [1.807, 2.05) is 17.4 Å². The molecule has 1 aliphatic rings. The van der Waals surface area contributed by atoms with Crippen LogP contribution in [0, 0.1) is 0 Å². The van der Waals surface area contributed by atoms with Crippen molar-refractivity contribution in [3.63, 3.8) is 0 Å². The fourth-order valence-electron chi connectivity index (χ4n) is 2.94. The molecule has 1 aromatic carbocycles. The van der Waals surface area contributed by atoms with Crippen LogP contribution < -0.4 is 5.32 Å². The standard InChI is InChI=1S/C18H26F3N3O3S/c1-3-14(2)15-4-6-16(7-5-15)28(26,27)24-10-8-23(9-11-24)12-17(25)22-13-18(19,20)21/h4-7,14H,3,8-13H2,1-2H3,(H,22,25)/t14-/m0/s1. The van der Waals surface area contributed by atoms with Gasteiger partial charge in [-0.25, -0.2) is 8.42 Å². The van der Waals surface area contributed by atoms with E-state index < -0.39 is 28.7 Å². The second-order valence-corrected chi connectivity index (χ2v) is 8.89. The van der Waals surface area contributed by atoms with Crippen molar-refractivity contribution >= 4 is 15.9 Å². The number of sulfonamides is 1. The first kappa shape index (κ1) is 22.6. The number of amides is 1. The molecule has 1 aromatic rings. The molecule has 0 aliphatic carbocycles. The molecule has 1 heterocycles. The fraction of sp³-hybridized carbons (Fsp3) is 0.611. The first-order valence-corrected chi connectivity index (χ1v) is 10.6. The number of alkyl halides is 3. The molecule has 0 unspecified atom stereocenters. The molecule has 0 spiro atoms. The predicted octanol–water partition coefficient (Wildman–Crippen LogP) is 2.18. The van der Waals surface area contributed by atoms with Gasteiger partial charge in [0.1, 0.15) is 6.54 Å². The SMILES string of the molecule is CC[C@H](C)c1ccc(S(=O)(=O)N2CCN(CC(=O)NCC(F)(F)F)CC2)cc1. The van der Waals surface area contributed by atoms with E-state index in [1.165, 1.54) is 4.31 Å². The molecule has 1 aliphatic heterocycles. The van der Waals surface area contributed by atoms with Crippen molar-refractivity contribution in [2.75, 3.05) is 39.3 Å². The van der Waals surface area contributed by atoms with Crippen molar-refractivity contribution in [2.45, 2.75) is 37.3 Å². The third-order valence-electron chi connectivity index (χ3n) is 4.88. The average molecular weight is 421 g/mol. The first-order valence-electron chi connectivity index (χ1n) is 9.19. The number of hydrogen-bond acceptors (Lipinski definition) is 4. The van der Waals surface area contributed by atoms with Crippen LogP contribution in [0.25, 0.3) is 0 Å². The lowest BCUT2D eigenvalue weighted by Gasteiger charge is -2.33. The number of piperazine rings is 1. The van der Waals surface area contributed by atoms with Gasteiger partial charge >= 0.3 is 6.18 Å². The molecule has 0 bridgehead atoms. The van der Waals surface area contributed by atoms with Gasteiger partial charge in [0.2, 0.25) is 15.9 Å². The number of carbonyl (C=O) groups is 1. The Morgan fingerprint density at radius 1 is 1.14 bits per heavy atom. The number of halogens is 3. The normalized spacial score (nSPS) is 18.0. The minimum absolute atomic E-state index is 0.183. The van der Waals surface area contributed by atoms with Crippen LogP contribution in [0.1, 0.15) is 31.7 Å². The Morgan fingerprint density at radius 2 is 1.71 bits per heavy atom. The minimum Gasteiger partial charge on any atom is -0.346 e. The third kappa shape index (κ3) is 6.18. The van der Waals surface area contributed by atoms with Crippen LogP contribution in [0.5, 0.6) is 0 Å². The Labute approximate surface area is 163 Å². The number of hydrogen-bond donors (Lipinski definition) is 1. The molecule has 158 valence electrons. The zero-order valence-electron chi connectivity index (χ0n) is 16.0. The lowest BCUT2D eigenvalue weighted by molar-refractivity contribution is -0.139. The second-order valence-electron chi connectivity index (χ2n) is 6.95. The van der Waals surface area contributed by atoms with Crippen LogP contribution in [-0.4, -0.2) is 69.0 Å². The van der Waals surface area contributed by atoms with E-state index in [0.717, 1.165) is 12.0 Å². The van der Waals surface area contributed by atoms with Crippen LogP contribution in [0.2, 0.25) is 0 Å². The highest BCUT2D eigenvalue weighted by molar-refractivity contribution is 7.89. The lowest BCUT2D eigenvalue weighted by atomic mass is 9.99. The second kappa shape index (κ2) is 9.23. The Kier molecular flexibility index (Phi) is 7.46. The van der Waals surface area contributed by atoms with Crippen molar-refractivity contribution in [3.8, 4) is 0 Å². The minimum atomic E-state index is -4.45. The van der Waals surface area contributed by atoms with Crippen molar-refractivity contribution in [1.29, 1.82) is 0 Å². The highest BCUT2D eigenvalue weighted by atomic mass is 32.2. The quantitative estimate of drug-likeness (QED) is 0.733. The molecule has 1 atom stereocenters. The van der Waals surface area contributed by atoms with Crippen molar-refractivity contribution in [2.24, 2.45) is 0 Å². The monoisotopic (exact) mass is 421 g/mol. The summed E-state index contributed by atoms with van der Waals surface area (Å²) in [4.78, 5) is 13.4. The number of rotatable bonds is 7. The maximum absolute atomic E-state index is 12.8. The third-order valence-corrected chi connectivity index (χ3v) is 6.80. The van der Waals surface area contributed by atoms with Gasteiger partial charge in [-0.1, -0.05) is 26.0 Å². The van der Waals surface area contributed by atoms with Gasteiger partial charge in [-0.3, -0.25) is 9.69 Å². The molecular weight excluding hydrogens is 395 g/mol. The van der Waals surface area contributed by atoms with E-state index in [9.17, 15) is 26.4 Å². The number of carbonyl (C=O) groups excluding carboxylic acids is 1. The summed E-state index contributed by atoms with van der Waals surface area (Å²) in [5.41, 5.74) is 1.08. The molecule has 2 rings (SSSR count). The van der Waals surface area contributed by atoms with Crippen molar-refractivity contribution < 1.29 is 26.4 Å². The summed E-state index contributed by atoms with van der Waals surface area (Å²) in [5, 5.41) is 1.82. The van der Waals surface area contributed by atoms with Gasteiger partial charge in [-0.2, -0.15) is 17.5 Å². The van der Waals surface area contributed by atoms with E-state index in [4.69, 9.17) is 0 Å². The molecule has 0 saturated carbocycles. The van der Waals surface area contributed by atoms with Crippen molar-refractivity contribution in [3.05, 3.63) is 29.8 Å². The van der Waals surface area contributed by atoms with Gasteiger partial charge in [0, 0.05) is 26.2 Å². The maximum atomic E-state index is 12.8. The lowest BCUT2D eigenvalue weighted by Crippen LogP contribution is -2.51. The highest BCUT2D eigenvalue weighted by Gasteiger charge is 2.30. The summed E-state index contributed by atoms with van der Waals surface area (Å²) in [7, 11) is -3.64. The molecule has 1 fully saturated rings. The van der Waals surface area contributed by atoms with E-state index in [1.54, 1.807) is 17.0 Å². The molecular formula is C18H26F3N3O3S. The largest absolute Gasteiger partial charge is 0.405 e. The highest BCUT2D eigenvalue weighted by Crippen LogP contribution is 2.23. The first-order chi connectivity index (χ1) is 13.0. The molecule has 6 nitrogen and oxygen atoms in total. The van der Waals surface area contributed by atoms with Crippen LogP contribution >= 0.6 is 0 Å². The molecule has 0 radical (unpaired) electrons. The van der Waals surface area contributed by atoms with Crippen LogP contribution in [0.4, 0.5) is 13.2 Å². The summed E-state index contributed by atoms with van der Waals surface area (Å²) >= 11 is 0. The zero-order chi connectivity index (χ0) is 20.9. The molecule has 1 N–H and O–H groups in total. The van der Waals surface area contributed by atoms with Gasteiger partial charge in [0.25, 0.3) is 0 Å². The van der Waals surface area contributed by atoms with Gasteiger partial charge in [-0.05, 0) is 30.0 Å². The van der Waals surface area contributed by atoms with Gasteiger partial charge in [0.05, 0.1) is 11.4 Å². The van der Waals surface area contributed by atoms with Gasteiger partial charge < -0.3 is 5.32 Å². The average Bonchev–Trinajstić information content (AvgIpc) is 2.66. The Morgan fingerprint density at radius 3 is 2.21 bits per heavy atom. The van der Waals surface area contributed by atoms with E-state index in [-0.39, 0.29) is 37.6 Å². The van der Waals surface area contributed by atoms with Crippen molar-refractivity contribution in [1.82, 2.24) is 14.5 Å². The van der Waals surface area contributed by atoms with E-state index in [0.29, 0.717) is 5.92 Å². The molecule has 10 heteroatoms. The Hall–Kier alpha value is -1.65.